The minimum atomic E-state index is -0.861. The van der Waals surface area contributed by atoms with E-state index in [1.165, 1.54) is 13.2 Å². The van der Waals surface area contributed by atoms with Gasteiger partial charge in [-0.2, -0.15) is 0 Å². The van der Waals surface area contributed by atoms with Gasteiger partial charge in [0.2, 0.25) is 0 Å². The highest BCUT2D eigenvalue weighted by Crippen LogP contribution is 2.22. The van der Waals surface area contributed by atoms with Gasteiger partial charge in [0, 0.05) is 37.9 Å². The molecule has 2 aromatic carbocycles. The van der Waals surface area contributed by atoms with Crippen molar-refractivity contribution in [3.63, 3.8) is 0 Å². The number of piperazine rings is 1. The number of halogens is 2. The molecule has 126 valence electrons. The number of anilines is 1. The summed E-state index contributed by atoms with van der Waals surface area (Å²) in [6.45, 7) is 2.14. The van der Waals surface area contributed by atoms with E-state index < -0.39 is 11.6 Å². The number of carbonyl (C=O) groups excluding carboxylic acids is 1. The standard InChI is InChI=1S/C18H18F2N2O2/c1-24-17-5-3-2-4-14(17)18(23)22-10-8-21(9-11-22)13-6-7-15(19)16(20)12-13/h2-7,12H,8-11H2,1H3. The largest absolute Gasteiger partial charge is 0.496 e. The summed E-state index contributed by atoms with van der Waals surface area (Å²) in [5.74, 6) is -1.26. The second kappa shape index (κ2) is 6.86. The number of benzene rings is 2. The van der Waals surface area contributed by atoms with Crippen molar-refractivity contribution in [1.82, 2.24) is 4.90 Å². The molecule has 1 heterocycles. The van der Waals surface area contributed by atoms with Crippen LogP contribution in [0.4, 0.5) is 14.5 Å². The number of hydrogen-bond donors (Lipinski definition) is 0. The number of carbonyl (C=O) groups is 1. The zero-order valence-corrected chi connectivity index (χ0v) is 13.3. The first-order valence-corrected chi connectivity index (χ1v) is 7.72. The summed E-state index contributed by atoms with van der Waals surface area (Å²) in [5, 5.41) is 0. The van der Waals surface area contributed by atoms with E-state index in [9.17, 15) is 13.6 Å². The van der Waals surface area contributed by atoms with E-state index in [2.05, 4.69) is 0 Å². The van der Waals surface area contributed by atoms with Gasteiger partial charge in [-0.1, -0.05) is 12.1 Å². The van der Waals surface area contributed by atoms with Gasteiger partial charge in [-0.25, -0.2) is 8.78 Å². The number of para-hydroxylation sites is 1. The molecule has 0 radical (unpaired) electrons. The first kappa shape index (κ1) is 16.2. The Morgan fingerprint density at radius 3 is 2.38 bits per heavy atom. The molecule has 0 saturated carbocycles. The third-order valence-corrected chi connectivity index (χ3v) is 4.17. The summed E-state index contributed by atoms with van der Waals surface area (Å²) < 4.78 is 31.6. The number of nitrogens with zero attached hydrogens (tertiary/aromatic N) is 2. The molecule has 0 atom stereocenters. The zero-order chi connectivity index (χ0) is 17.1. The van der Waals surface area contributed by atoms with Gasteiger partial charge in [0.25, 0.3) is 5.91 Å². The van der Waals surface area contributed by atoms with Crippen molar-refractivity contribution in [2.24, 2.45) is 0 Å². The number of methoxy groups -OCH3 is 1. The fraction of sp³-hybridized carbons (Fsp3) is 0.278. The molecule has 0 N–H and O–H groups in total. The lowest BCUT2D eigenvalue weighted by atomic mass is 10.1. The van der Waals surface area contributed by atoms with E-state index in [-0.39, 0.29) is 5.91 Å². The van der Waals surface area contributed by atoms with E-state index >= 15 is 0 Å². The van der Waals surface area contributed by atoms with Crippen molar-refractivity contribution >= 4 is 11.6 Å². The third kappa shape index (κ3) is 3.18. The van der Waals surface area contributed by atoms with Gasteiger partial charge in [0.1, 0.15) is 5.75 Å². The van der Waals surface area contributed by atoms with Gasteiger partial charge >= 0.3 is 0 Å². The van der Waals surface area contributed by atoms with Crippen LogP contribution in [0.5, 0.6) is 5.75 Å². The monoisotopic (exact) mass is 332 g/mol. The number of rotatable bonds is 3. The fourth-order valence-corrected chi connectivity index (χ4v) is 2.84. The lowest BCUT2D eigenvalue weighted by molar-refractivity contribution is 0.0743. The molecule has 24 heavy (non-hydrogen) atoms. The summed E-state index contributed by atoms with van der Waals surface area (Å²) >= 11 is 0. The smallest absolute Gasteiger partial charge is 0.257 e. The molecule has 0 bridgehead atoms. The predicted molar refractivity (Wildman–Crippen MR) is 87.5 cm³/mol. The van der Waals surface area contributed by atoms with Crippen molar-refractivity contribution in [3.8, 4) is 5.75 Å². The first-order valence-electron chi connectivity index (χ1n) is 7.72. The summed E-state index contributed by atoms with van der Waals surface area (Å²) in [4.78, 5) is 16.3. The Bertz CT molecular complexity index is 744. The Morgan fingerprint density at radius 2 is 1.71 bits per heavy atom. The van der Waals surface area contributed by atoms with Crippen LogP contribution in [-0.2, 0) is 0 Å². The Balaban J connectivity index is 1.68. The van der Waals surface area contributed by atoms with Gasteiger partial charge in [-0.3, -0.25) is 4.79 Å². The molecule has 1 fully saturated rings. The third-order valence-electron chi connectivity index (χ3n) is 4.17. The zero-order valence-electron chi connectivity index (χ0n) is 13.3. The van der Waals surface area contributed by atoms with Gasteiger partial charge in [0.15, 0.2) is 11.6 Å². The number of hydrogen-bond acceptors (Lipinski definition) is 3. The summed E-state index contributed by atoms with van der Waals surface area (Å²) in [6, 6.07) is 11.0. The van der Waals surface area contributed by atoms with Crippen LogP contribution in [0, 0.1) is 11.6 Å². The Kier molecular flexibility index (Phi) is 4.64. The molecule has 1 amide bonds. The highest BCUT2D eigenvalue weighted by molar-refractivity contribution is 5.97. The molecular formula is C18H18F2N2O2. The molecule has 1 saturated heterocycles. The fourth-order valence-electron chi connectivity index (χ4n) is 2.84. The summed E-state index contributed by atoms with van der Waals surface area (Å²) in [6.07, 6.45) is 0. The Hall–Kier alpha value is -2.63. The highest BCUT2D eigenvalue weighted by atomic mass is 19.2. The second-order valence-electron chi connectivity index (χ2n) is 5.58. The van der Waals surface area contributed by atoms with Gasteiger partial charge in [-0.15, -0.1) is 0 Å². The minimum absolute atomic E-state index is 0.0858. The molecule has 2 aromatic rings. The van der Waals surface area contributed by atoms with Crippen LogP contribution in [0.15, 0.2) is 42.5 Å². The quantitative estimate of drug-likeness (QED) is 0.866. The average molecular weight is 332 g/mol. The van der Waals surface area contributed by atoms with Gasteiger partial charge in [0.05, 0.1) is 12.7 Å². The van der Waals surface area contributed by atoms with Crippen LogP contribution in [0.25, 0.3) is 0 Å². The lowest BCUT2D eigenvalue weighted by Crippen LogP contribution is -2.48. The van der Waals surface area contributed by atoms with Crippen LogP contribution in [-0.4, -0.2) is 44.1 Å². The van der Waals surface area contributed by atoms with Crippen LogP contribution in [0.2, 0.25) is 0 Å². The normalized spacial score (nSPS) is 14.6. The van der Waals surface area contributed by atoms with Crippen molar-refractivity contribution in [2.75, 3.05) is 38.2 Å². The topological polar surface area (TPSA) is 32.8 Å². The Labute approximate surface area is 139 Å². The molecule has 0 aliphatic carbocycles. The van der Waals surface area contributed by atoms with Gasteiger partial charge in [-0.05, 0) is 24.3 Å². The molecular weight excluding hydrogens is 314 g/mol. The van der Waals surface area contributed by atoms with Crippen LogP contribution >= 0.6 is 0 Å². The molecule has 3 rings (SSSR count). The molecule has 0 aromatic heterocycles. The van der Waals surface area contributed by atoms with E-state index in [0.29, 0.717) is 43.2 Å². The maximum Gasteiger partial charge on any atom is 0.257 e. The summed E-state index contributed by atoms with van der Waals surface area (Å²) in [5.41, 5.74) is 1.15. The van der Waals surface area contributed by atoms with Crippen molar-refractivity contribution in [1.29, 1.82) is 0 Å². The SMILES string of the molecule is COc1ccccc1C(=O)N1CCN(c2ccc(F)c(F)c2)CC1. The van der Waals surface area contributed by atoms with E-state index in [4.69, 9.17) is 4.74 Å². The van der Waals surface area contributed by atoms with Crippen molar-refractivity contribution in [2.45, 2.75) is 0 Å². The highest BCUT2D eigenvalue weighted by Gasteiger charge is 2.24. The molecule has 1 aliphatic heterocycles. The number of amides is 1. The van der Waals surface area contributed by atoms with Crippen molar-refractivity contribution in [3.05, 3.63) is 59.7 Å². The van der Waals surface area contributed by atoms with Crippen LogP contribution in [0.3, 0.4) is 0 Å². The van der Waals surface area contributed by atoms with Crippen LogP contribution < -0.4 is 9.64 Å². The number of ether oxygens (including phenoxy) is 1. The molecule has 1 aliphatic rings. The van der Waals surface area contributed by atoms with E-state index in [0.717, 1.165) is 6.07 Å². The average Bonchev–Trinajstić information content (AvgIpc) is 2.63. The maximum absolute atomic E-state index is 13.4. The van der Waals surface area contributed by atoms with E-state index in [1.807, 2.05) is 11.0 Å². The first-order chi connectivity index (χ1) is 11.6. The molecule has 4 nitrogen and oxygen atoms in total. The van der Waals surface area contributed by atoms with Crippen LogP contribution in [0.1, 0.15) is 10.4 Å². The Morgan fingerprint density at radius 1 is 1.00 bits per heavy atom. The molecule has 0 spiro atoms. The minimum Gasteiger partial charge on any atom is -0.496 e. The lowest BCUT2D eigenvalue weighted by Gasteiger charge is -2.36. The molecule has 6 heteroatoms. The van der Waals surface area contributed by atoms with Crippen molar-refractivity contribution < 1.29 is 18.3 Å². The van der Waals surface area contributed by atoms with Gasteiger partial charge < -0.3 is 14.5 Å². The maximum atomic E-state index is 13.4. The predicted octanol–water partition coefficient (Wildman–Crippen LogP) is 2.94. The van der Waals surface area contributed by atoms with E-state index in [1.54, 1.807) is 29.2 Å². The summed E-state index contributed by atoms with van der Waals surface area (Å²) in [7, 11) is 1.53. The second-order valence-corrected chi connectivity index (χ2v) is 5.58. The molecule has 0 unspecified atom stereocenters.